The number of aryl methyl sites for hydroxylation is 1. The standard InChI is InChI=1S/C20H17N3O2/c1-13-19(15-10-6-7-11-17(15)25-2)20-21-16(12-18(24)23(20)22-13)14-8-4-3-5-9-14/h3-12,22H,1-2H3. The molecule has 2 aromatic heterocycles. The van der Waals surface area contributed by atoms with Gasteiger partial charge in [-0.2, -0.15) is 0 Å². The third-order valence-electron chi connectivity index (χ3n) is 4.24. The first-order chi connectivity index (χ1) is 12.2. The number of fused-ring (bicyclic) bond motifs is 1. The molecule has 0 radical (unpaired) electrons. The Balaban J connectivity index is 2.04. The van der Waals surface area contributed by atoms with Crippen LogP contribution in [0.2, 0.25) is 0 Å². The SMILES string of the molecule is COc1ccccc1-c1c(C)[nH]n2c(=O)cc(-c3ccccc3)nc12. The number of ether oxygens (including phenoxy) is 1. The van der Waals surface area contributed by atoms with Crippen LogP contribution in [0.3, 0.4) is 0 Å². The van der Waals surface area contributed by atoms with Gasteiger partial charge in [-0.25, -0.2) is 9.50 Å². The molecule has 0 spiro atoms. The highest BCUT2D eigenvalue weighted by atomic mass is 16.5. The van der Waals surface area contributed by atoms with E-state index in [1.165, 1.54) is 4.52 Å². The second-order valence-corrected chi connectivity index (χ2v) is 5.82. The van der Waals surface area contributed by atoms with Crippen LogP contribution in [0.25, 0.3) is 28.0 Å². The van der Waals surface area contributed by atoms with E-state index in [1.54, 1.807) is 13.2 Å². The van der Waals surface area contributed by atoms with Crippen molar-refractivity contribution < 1.29 is 4.74 Å². The minimum Gasteiger partial charge on any atom is -0.496 e. The summed E-state index contributed by atoms with van der Waals surface area (Å²) in [6.45, 7) is 1.93. The maximum atomic E-state index is 12.6. The fourth-order valence-corrected chi connectivity index (χ4v) is 3.08. The van der Waals surface area contributed by atoms with Crippen LogP contribution in [0.4, 0.5) is 0 Å². The summed E-state index contributed by atoms with van der Waals surface area (Å²) in [6.07, 6.45) is 0. The number of H-pyrrole nitrogens is 1. The zero-order valence-corrected chi connectivity index (χ0v) is 14.0. The van der Waals surface area contributed by atoms with Crippen molar-refractivity contribution in [2.45, 2.75) is 6.92 Å². The van der Waals surface area contributed by atoms with Gasteiger partial charge >= 0.3 is 0 Å². The molecule has 5 heteroatoms. The molecule has 2 heterocycles. The number of aromatic nitrogens is 3. The lowest BCUT2D eigenvalue weighted by atomic mass is 10.0. The number of hydrogen-bond donors (Lipinski definition) is 1. The molecule has 5 nitrogen and oxygen atoms in total. The number of para-hydroxylation sites is 1. The van der Waals surface area contributed by atoms with Gasteiger partial charge < -0.3 is 4.74 Å². The molecule has 4 aromatic rings. The first-order valence-electron chi connectivity index (χ1n) is 8.00. The fraction of sp³-hybridized carbons (Fsp3) is 0.100. The highest BCUT2D eigenvalue weighted by molar-refractivity contribution is 5.84. The number of nitrogens with one attached hydrogen (secondary N) is 1. The summed E-state index contributed by atoms with van der Waals surface area (Å²) >= 11 is 0. The van der Waals surface area contributed by atoms with Crippen LogP contribution in [0.5, 0.6) is 5.75 Å². The zero-order chi connectivity index (χ0) is 17.4. The van der Waals surface area contributed by atoms with Gasteiger partial charge in [-0.1, -0.05) is 48.5 Å². The second-order valence-electron chi connectivity index (χ2n) is 5.82. The molecule has 124 valence electrons. The molecule has 25 heavy (non-hydrogen) atoms. The van der Waals surface area contributed by atoms with Crippen molar-refractivity contribution >= 4 is 5.65 Å². The van der Waals surface area contributed by atoms with Crippen LogP contribution < -0.4 is 10.3 Å². The largest absolute Gasteiger partial charge is 0.496 e. The Bertz CT molecular complexity index is 1110. The van der Waals surface area contributed by atoms with E-state index in [0.29, 0.717) is 11.3 Å². The first kappa shape index (κ1) is 15.2. The molecular weight excluding hydrogens is 314 g/mol. The van der Waals surface area contributed by atoms with Crippen LogP contribution in [0, 0.1) is 6.92 Å². The molecule has 0 aliphatic carbocycles. The number of aromatic amines is 1. The highest BCUT2D eigenvalue weighted by Crippen LogP contribution is 2.34. The number of benzene rings is 2. The van der Waals surface area contributed by atoms with Crippen LogP contribution in [0.15, 0.2) is 65.5 Å². The summed E-state index contributed by atoms with van der Waals surface area (Å²) in [7, 11) is 1.64. The van der Waals surface area contributed by atoms with Crippen molar-refractivity contribution in [1.29, 1.82) is 0 Å². The molecule has 0 atom stereocenters. The van der Waals surface area contributed by atoms with Gasteiger partial charge in [0.2, 0.25) is 0 Å². The van der Waals surface area contributed by atoms with Gasteiger partial charge in [0.25, 0.3) is 5.56 Å². The van der Waals surface area contributed by atoms with E-state index in [0.717, 1.165) is 28.1 Å². The van der Waals surface area contributed by atoms with Crippen molar-refractivity contribution in [2.24, 2.45) is 0 Å². The smallest absolute Gasteiger partial charge is 0.273 e. The normalized spacial score (nSPS) is 11.0. The summed E-state index contributed by atoms with van der Waals surface area (Å²) in [4.78, 5) is 17.3. The number of methoxy groups -OCH3 is 1. The van der Waals surface area contributed by atoms with E-state index in [2.05, 4.69) is 5.10 Å². The van der Waals surface area contributed by atoms with Gasteiger partial charge in [0.1, 0.15) is 5.75 Å². The lowest BCUT2D eigenvalue weighted by molar-refractivity contribution is 0.416. The molecule has 0 aliphatic rings. The lowest BCUT2D eigenvalue weighted by Gasteiger charge is -2.08. The van der Waals surface area contributed by atoms with Crippen LogP contribution in [0.1, 0.15) is 5.69 Å². The van der Waals surface area contributed by atoms with E-state index in [1.807, 2.05) is 61.5 Å². The van der Waals surface area contributed by atoms with Crippen molar-refractivity contribution in [3.05, 3.63) is 76.7 Å². The van der Waals surface area contributed by atoms with E-state index in [-0.39, 0.29) is 5.56 Å². The topological polar surface area (TPSA) is 59.4 Å². The minimum absolute atomic E-state index is 0.145. The summed E-state index contributed by atoms with van der Waals surface area (Å²) in [5, 5.41) is 3.11. The van der Waals surface area contributed by atoms with Gasteiger partial charge in [0.05, 0.1) is 18.4 Å². The summed E-state index contributed by atoms with van der Waals surface area (Å²) in [5.41, 5.74) is 4.64. The number of nitrogens with zero attached hydrogens (tertiary/aromatic N) is 2. The molecule has 0 amide bonds. The highest BCUT2D eigenvalue weighted by Gasteiger charge is 2.17. The monoisotopic (exact) mass is 331 g/mol. The molecule has 0 bridgehead atoms. The molecule has 0 unspecified atom stereocenters. The Kier molecular flexibility index (Phi) is 3.61. The lowest BCUT2D eigenvalue weighted by Crippen LogP contribution is -2.14. The second kappa shape index (κ2) is 5.94. The number of rotatable bonds is 3. The summed E-state index contributed by atoms with van der Waals surface area (Å²) in [6, 6.07) is 19.0. The fourth-order valence-electron chi connectivity index (χ4n) is 3.08. The van der Waals surface area contributed by atoms with Crippen molar-refractivity contribution in [3.63, 3.8) is 0 Å². The summed E-state index contributed by atoms with van der Waals surface area (Å²) < 4.78 is 6.96. The minimum atomic E-state index is -0.145. The number of hydrogen-bond acceptors (Lipinski definition) is 3. The average Bonchev–Trinajstić information content (AvgIpc) is 2.99. The predicted octanol–water partition coefficient (Wildman–Crippen LogP) is 3.67. The Morgan fingerprint density at radius 1 is 1.04 bits per heavy atom. The van der Waals surface area contributed by atoms with Crippen molar-refractivity contribution in [2.75, 3.05) is 7.11 Å². The van der Waals surface area contributed by atoms with E-state index < -0.39 is 0 Å². The molecule has 2 aromatic carbocycles. The third-order valence-corrected chi connectivity index (χ3v) is 4.24. The molecular formula is C20H17N3O2. The van der Waals surface area contributed by atoms with E-state index in [4.69, 9.17) is 9.72 Å². The quantitative estimate of drug-likeness (QED) is 0.623. The van der Waals surface area contributed by atoms with Gasteiger partial charge in [0.15, 0.2) is 5.65 Å². The Morgan fingerprint density at radius 3 is 2.52 bits per heavy atom. The van der Waals surface area contributed by atoms with Crippen molar-refractivity contribution in [1.82, 2.24) is 14.6 Å². The molecule has 0 saturated carbocycles. The Labute approximate surface area is 144 Å². The Hall–Kier alpha value is -3.34. The summed E-state index contributed by atoms with van der Waals surface area (Å²) in [5.74, 6) is 0.742. The van der Waals surface area contributed by atoms with Gasteiger partial charge in [-0.3, -0.25) is 9.89 Å². The molecule has 0 saturated heterocycles. The predicted molar refractivity (Wildman–Crippen MR) is 98.0 cm³/mol. The van der Waals surface area contributed by atoms with Gasteiger partial charge in [0, 0.05) is 22.9 Å². The Morgan fingerprint density at radius 2 is 1.76 bits per heavy atom. The average molecular weight is 331 g/mol. The third kappa shape index (κ3) is 2.50. The van der Waals surface area contributed by atoms with Crippen LogP contribution in [-0.2, 0) is 0 Å². The molecule has 0 aliphatic heterocycles. The van der Waals surface area contributed by atoms with Crippen molar-refractivity contribution in [3.8, 4) is 28.1 Å². The molecule has 0 fully saturated rings. The van der Waals surface area contributed by atoms with Crippen LogP contribution >= 0.6 is 0 Å². The van der Waals surface area contributed by atoms with E-state index >= 15 is 0 Å². The van der Waals surface area contributed by atoms with Crippen LogP contribution in [-0.4, -0.2) is 21.7 Å². The van der Waals surface area contributed by atoms with E-state index in [9.17, 15) is 4.79 Å². The van der Waals surface area contributed by atoms with Gasteiger partial charge in [-0.05, 0) is 13.0 Å². The first-order valence-corrected chi connectivity index (χ1v) is 8.00. The maximum absolute atomic E-state index is 12.6. The molecule has 1 N–H and O–H groups in total. The van der Waals surface area contributed by atoms with Gasteiger partial charge in [-0.15, -0.1) is 0 Å². The maximum Gasteiger partial charge on any atom is 0.273 e. The zero-order valence-electron chi connectivity index (χ0n) is 14.0. The molecule has 4 rings (SSSR count).